The molecule has 0 spiro atoms. The number of hydrogen-bond donors (Lipinski definition) is 1. The zero-order valence-corrected chi connectivity index (χ0v) is 16.1. The van der Waals surface area contributed by atoms with Crippen LogP contribution in [0.5, 0.6) is 0 Å². The van der Waals surface area contributed by atoms with Crippen molar-refractivity contribution in [2.75, 3.05) is 5.84 Å². The van der Waals surface area contributed by atoms with Gasteiger partial charge in [-0.15, -0.1) is 0 Å². The van der Waals surface area contributed by atoms with E-state index in [-0.39, 0.29) is 5.56 Å². The van der Waals surface area contributed by atoms with Crippen molar-refractivity contribution < 1.29 is 0 Å². The summed E-state index contributed by atoms with van der Waals surface area (Å²) in [6.07, 6.45) is 0. The number of rotatable bonds is 3. The SMILES string of the molecule is Nn1c(-c2ccccc2)c(-c2ccccc2)c(-c2ccccc2)c(Br)c1=O. The zero-order valence-electron chi connectivity index (χ0n) is 14.5. The van der Waals surface area contributed by atoms with Crippen LogP contribution in [0.25, 0.3) is 33.5 Å². The maximum Gasteiger partial charge on any atom is 0.284 e. The summed E-state index contributed by atoms with van der Waals surface area (Å²) in [7, 11) is 0. The van der Waals surface area contributed by atoms with Gasteiger partial charge >= 0.3 is 0 Å². The van der Waals surface area contributed by atoms with Gasteiger partial charge < -0.3 is 5.84 Å². The van der Waals surface area contributed by atoms with E-state index in [9.17, 15) is 4.79 Å². The van der Waals surface area contributed by atoms with Crippen LogP contribution < -0.4 is 11.4 Å². The summed E-state index contributed by atoms with van der Waals surface area (Å²) in [5.41, 5.74) is 5.02. The van der Waals surface area contributed by atoms with Crippen molar-refractivity contribution in [2.45, 2.75) is 0 Å². The van der Waals surface area contributed by atoms with Crippen molar-refractivity contribution in [3.8, 4) is 33.5 Å². The summed E-state index contributed by atoms with van der Waals surface area (Å²) in [5.74, 6) is 6.27. The molecular weight excluding hydrogens is 400 g/mol. The lowest BCUT2D eigenvalue weighted by Gasteiger charge is -2.20. The molecule has 132 valence electrons. The first kappa shape index (κ1) is 17.3. The molecule has 3 aromatic carbocycles. The molecule has 0 amide bonds. The van der Waals surface area contributed by atoms with Gasteiger partial charge in [-0.1, -0.05) is 91.0 Å². The monoisotopic (exact) mass is 416 g/mol. The Hall–Kier alpha value is -3.11. The van der Waals surface area contributed by atoms with Gasteiger partial charge in [0.05, 0.1) is 10.2 Å². The number of nitrogens with zero attached hydrogens (tertiary/aromatic N) is 1. The third-order valence-electron chi connectivity index (χ3n) is 4.53. The first-order chi connectivity index (χ1) is 13.2. The highest BCUT2D eigenvalue weighted by atomic mass is 79.9. The molecule has 0 aliphatic rings. The van der Waals surface area contributed by atoms with Crippen molar-refractivity contribution in [3.63, 3.8) is 0 Å². The Morgan fingerprint density at radius 3 is 1.52 bits per heavy atom. The van der Waals surface area contributed by atoms with E-state index in [4.69, 9.17) is 5.84 Å². The highest BCUT2D eigenvalue weighted by Gasteiger charge is 2.22. The molecule has 4 heteroatoms. The number of nitrogen functional groups attached to an aromatic ring is 1. The minimum atomic E-state index is -0.271. The van der Waals surface area contributed by atoms with Crippen molar-refractivity contribution >= 4 is 15.9 Å². The quantitative estimate of drug-likeness (QED) is 0.459. The maximum atomic E-state index is 12.9. The second-order valence-electron chi connectivity index (χ2n) is 6.19. The summed E-state index contributed by atoms with van der Waals surface area (Å²) < 4.78 is 1.68. The highest BCUT2D eigenvalue weighted by molar-refractivity contribution is 9.10. The Morgan fingerprint density at radius 2 is 1.04 bits per heavy atom. The largest absolute Gasteiger partial charge is 0.336 e. The van der Waals surface area contributed by atoms with Crippen LogP contribution in [0, 0.1) is 0 Å². The summed E-state index contributed by atoms with van der Waals surface area (Å²) in [6.45, 7) is 0. The number of nitrogens with two attached hydrogens (primary N) is 1. The molecule has 1 aromatic heterocycles. The van der Waals surface area contributed by atoms with E-state index < -0.39 is 0 Å². The highest BCUT2D eigenvalue weighted by Crippen LogP contribution is 2.41. The number of aromatic nitrogens is 1. The normalized spacial score (nSPS) is 10.7. The molecule has 0 bridgehead atoms. The molecule has 0 fully saturated rings. The van der Waals surface area contributed by atoms with Crippen LogP contribution in [0.4, 0.5) is 0 Å². The average Bonchev–Trinajstić information content (AvgIpc) is 2.73. The third-order valence-corrected chi connectivity index (χ3v) is 5.26. The minimum Gasteiger partial charge on any atom is -0.336 e. The third kappa shape index (κ3) is 3.09. The van der Waals surface area contributed by atoms with Crippen molar-refractivity contribution in [1.82, 2.24) is 4.68 Å². The number of benzene rings is 3. The molecule has 2 N–H and O–H groups in total. The van der Waals surface area contributed by atoms with Gasteiger partial charge in [-0.25, -0.2) is 4.68 Å². The van der Waals surface area contributed by atoms with E-state index in [1.54, 1.807) is 0 Å². The molecule has 1 heterocycles. The standard InChI is InChI=1S/C23H17BrN2O/c24-21-19(16-10-4-1-5-11-16)20(17-12-6-2-7-13-17)22(26(25)23(21)27)18-14-8-3-9-15-18/h1-15H,25H2. The van der Waals surface area contributed by atoms with Gasteiger partial charge in [-0.05, 0) is 27.1 Å². The lowest BCUT2D eigenvalue weighted by molar-refractivity contribution is 0.941. The van der Waals surface area contributed by atoms with Crippen molar-refractivity contribution in [3.05, 3.63) is 106 Å². The van der Waals surface area contributed by atoms with E-state index >= 15 is 0 Å². The van der Waals surface area contributed by atoms with E-state index in [0.717, 1.165) is 27.8 Å². The second kappa shape index (κ2) is 7.25. The van der Waals surface area contributed by atoms with Gasteiger partial charge in [0, 0.05) is 16.7 Å². The van der Waals surface area contributed by atoms with Crippen molar-refractivity contribution in [1.29, 1.82) is 0 Å². The zero-order chi connectivity index (χ0) is 18.8. The van der Waals surface area contributed by atoms with Crippen LogP contribution >= 0.6 is 15.9 Å². The summed E-state index contributed by atoms with van der Waals surface area (Å²) in [4.78, 5) is 12.9. The Bertz CT molecular complexity index is 1070. The molecular formula is C23H17BrN2O. The average molecular weight is 417 g/mol. The molecule has 27 heavy (non-hydrogen) atoms. The fraction of sp³-hybridized carbons (Fsp3) is 0. The van der Waals surface area contributed by atoms with Crippen LogP contribution in [0.15, 0.2) is 100 Å². The molecule has 4 aromatic rings. The Balaban J connectivity index is 2.20. The van der Waals surface area contributed by atoms with Crippen molar-refractivity contribution in [2.24, 2.45) is 0 Å². The minimum absolute atomic E-state index is 0.271. The molecule has 0 aliphatic carbocycles. The number of hydrogen-bond acceptors (Lipinski definition) is 2. The van der Waals surface area contributed by atoms with Crippen LogP contribution in [0.1, 0.15) is 0 Å². The van der Waals surface area contributed by atoms with Gasteiger partial charge in [-0.3, -0.25) is 4.79 Å². The van der Waals surface area contributed by atoms with Gasteiger partial charge in [0.25, 0.3) is 5.56 Å². The van der Waals surface area contributed by atoms with Crippen LogP contribution in [0.2, 0.25) is 0 Å². The fourth-order valence-corrected chi connectivity index (χ4v) is 3.92. The molecule has 3 nitrogen and oxygen atoms in total. The van der Waals surface area contributed by atoms with Gasteiger partial charge in [0.1, 0.15) is 0 Å². The molecule has 0 unspecified atom stereocenters. The fourth-order valence-electron chi connectivity index (χ4n) is 3.30. The molecule has 0 atom stereocenters. The Labute approximate surface area is 165 Å². The molecule has 0 radical (unpaired) electrons. The molecule has 4 rings (SSSR count). The number of halogens is 1. The predicted octanol–water partition coefficient (Wildman–Crippen LogP) is 5.33. The smallest absolute Gasteiger partial charge is 0.284 e. The molecule has 0 saturated carbocycles. The van der Waals surface area contributed by atoms with E-state index in [2.05, 4.69) is 15.9 Å². The van der Waals surface area contributed by atoms with E-state index in [0.29, 0.717) is 10.2 Å². The van der Waals surface area contributed by atoms with Crippen LogP contribution in [0.3, 0.4) is 0 Å². The number of pyridine rings is 1. The predicted molar refractivity (Wildman–Crippen MR) is 115 cm³/mol. The lowest BCUT2D eigenvalue weighted by atomic mass is 9.91. The topological polar surface area (TPSA) is 48.0 Å². The van der Waals surface area contributed by atoms with Gasteiger partial charge in [0.15, 0.2) is 0 Å². The van der Waals surface area contributed by atoms with E-state index in [1.807, 2.05) is 91.0 Å². The maximum absolute atomic E-state index is 12.9. The van der Waals surface area contributed by atoms with E-state index in [1.165, 1.54) is 4.68 Å². The summed E-state index contributed by atoms with van der Waals surface area (Å²) >= 11 is 3.51. The first-order valence-corrected chi connectivity index (χ1v) is 9.37. The second-order valence-corrected chi connectivity index (χ2v) is 6.98. The van der Waals surface area contributed by atoms with Gasteiger partial charge in [0.2, 0.25) is 0 Å². The molecule has 0 aliphatic heterocycles. The first-order valence-electron chi connectivity index (χ1n) is 8.58. The van der Waals surface area contributed by atoms with Gasteiger partial charge in [-0.2, -0.15) is 0 Å². The van der Waals surface area contributed by atoms with Crippen LogP contribution in [-0.2, 0) is 0 Å². The molecule has 0 saturated heterocycles. The Morgan fingerprint density at radius 1 is 0.630 bits per heavy atom. The van der Waals surface area contributed by atoms with Crippen LogP contribution in [-0.4, -0.2) is 4.68 Å². The Kier molecular flexibility index (Phi) is 4.65. The lowest BCUT2D eigenvalue weighted by Crippen LogP contribution is -2.30. The summed E-state index contributed by atoms with van der Waals surface area (Å²) in [5, 5.41) is 0. The summed E-state index contributed by atoms with van der Waals surface area (Å²) in [6, 6.07) is 29.7.